The van der Waals surface area contributed by atoms with Gasteiger partial charge < -0.3 is 5.32 Å². The SMILES string of the molecule is C=CCNC(=S)N=S. The van der Waals surface area contributed by atoms with E-state index in [-0.39, 0.29) is 0 Å². The summed E-state index contributed by atoms with van der Waals surface area (Å²) in [6.45, 7) is 4.09. The summed E-state index contributed by atoms with van der Waals surface area (Å²) < 4.78 is 3.28. The van der Waals surface area contributed by atoms with E-state index in [9.17, 15) is 0 Å². The third-order valence-corrected chi connectivity index (χ3v) is 1.01. The Morgan fingerprint density at radius 1 is 1.88 bits per heavy atom. The van der Waals surface area contributed by atoms with Crippen LogP contribution in [0.1, 0.15) is 0 Å². The topological polar surface area (TPSA) is 24.4 Å². The van der Waals surface area contributed by atoms with Gasteiger partial charge in [-0.3, -0.25) is 0 Å². The molecule has 8 heavy (non-hydrogen) atoms. The Morgan fingerprint density at radius 2 is 2.50 bits per heavy atom. The van der Waals surface area contributed by atoms with Crippen LogP contribution in [0.2, 0.25) is 0 Å². The van der Waals surface area contributed by atoms with Gasteiger partial charge in [-0.15, -0.1) is 6.58 Å². The summed E-state index contributed by atoms with van der Waals surface area (Å²) in [6.07, 6.45) is 1.69. The molecule has 4 heteroatoms. The highest BCUT2D eigenvalue weighted by Gasteiger charge is 1.82. The largest absolute Gasteiger partial charge is 0.357 e. The first-order valence-electron chi connectivity index (χ1n) is 2.03. The maximum Gasteiger partial charge on any atom is 0.205 e. The molecule has 1 N–H and O–H groups in total. The average Bonchev–Trinajstić information content (AvgIpc) is 1.83. The maximum absolute atomic E-state index is 4.59. The van der Waals surface area contributed by atoms with Crippen LogP contribution >= 0.6 is 12.2 Å². The quantitative estimate of drug-likeness (QED) is 0.460. The summed E-state index contributed by atoms with van der Waals surface area (Å²) >= 11 is 8.87. The second-order valence-corrected chi connectivity index (χ2v) is 1.64. The molecule has 0 saturated carbocycles. The van der Waals surface area contributed by atoms with Crippen molar-refractivity contribution < 1.29 is 0 Å². The molecule has 0 rings (SSSR count). The maximum atomic E-state index is 4.59. The summed E-state index contributed by atoms with van der Waals surface area (Å²) in [5, 5.41) is 3.07. The average molecular weight is 146 g/mol. The van der Waals surface area contributed by atoms with Gasteiger partial charge in [-0.2, -0.15) is 4.36 Å². The molecule has 0 atom stereocenters. The lowest BCUT2D eigenvalue weighted by Crippen LogP contribution is -2.17. The van der Waals surface area contributed by atoms with Gasteiger partial charge in [-0.25, -0.2) is 0 Å². The van der Waals surface area contributed by atoms with Crippen molar-refractivity contribution in [2.24, 2.45) is 4.36 Å². The molecule has 44 valence electrons. The van der Waals surface area contributed by atoms with E-state index in [2.05, 4.69) is 40.9 Å². The van der Waals surface area contributed by atoms with Gasteiger partial charge in [-0.05, 0) is 12.2 Å². The van der Waals surface area contributed by atoms with Crippen LogP contribution < -0.4 is 5.32 Å². The van der Waals surface area contributed by atoms with E-state index < -0.39 is 0 Å². The van der Waals surface area contributed by atoms with Crippen LogP contribution in [0, 0.1) is 0 Å². The fourth-order valence-electron chi connectivity index (χ4n) is 0.192. The highest BCUT2D eigenvalue weighted by Crippen LogP contribution is 1.70. The smallest absolute Gasteiger partial charge is 0.205 e. The van der Waals surface area contributed by atoms with Crippen molar-refractivity contribution in [2.75, 3.05) is 6.54 Å². The molecule has 0 aliphatic heterocycles. The van der Waals surface area contributed by atoms with Gasteiger partial charge in [0.15, 0.2) is 0 Å². The minimum absolute atomic E-state index is 0.347. The number of hydrogen-bond acceptors (Lipinski definition) is 2. The normalized spacial score (nSPS) is 7.50. The zero-order chi connectivity index (χ0) is 6.41. The molecule has 0 aromatic carbocycles. The fourth-order valence-corrected chi connectivity index (χ4v) is 0.340. The van der Waals surface area contributed by atoms with Gasteiger partial charge >= 0.3 is 0 Å². The monoisotopic (exact) mass is 146 g/mol. The summed E-state index contributed by atoms with van der Waals surface area (Å²) in [4.78, 5) is 0. The third kappa shape index (κ3) is 3.83. The molecule has 0 unspecified atom stereocenters. The van der Waals surface area contributed by atoms with Crippen molar-refractivity contribution in [3.63, 3.8) is 0 Å². The Labute approximate surface area is 59.1 Å². The molecule has 0 aromatic heterocycles. The van der Waals surface area contributed by atoms with E-state index in [4.69, 9.17) is 0 Å². The number of rotatable bonds is 2. The zero-order valence-corrected chi connectivity index (χ0v) is 5.89. The van der Waals surface area contributed by atoms with Crippen LogP contribution in [0.4, 0.5) is 0 Å². The van der Waals surface area contributed by atoms with Crippen LogP contribution in [0.25, 0.3) is 0 Å². The summed E-state index contributed by atoms with van der Waals surface area (Å²) in [6, 6.07) is 0. The summed E-state index contributed by atoms with van der Waals surface area (Å²) in [5.41, 5.74) is 0. The molecule has 2 nitrogen and oxygen atoms in total. The predicted molar refractivity (Wildman–Crippen MR) is 40.6 cm³/mol. The van der Waals surface area contributed by atoms with E-state index in [1.165, 1.54) is 0 Å². The molecule has 0 aromatic rings. The molecule has 0 aliphatic rings. The van der Waals surface area contributed by atoms with Crippen LogP contribution in [-0.2, 0) is 12.4 Å². The molecule has 0 radical (unpaired) electrons. The van der Waals surface area contributed by atoms with Gasteiger partial charge in [0.2, 0.25) is 5.11 Å². The Bertz CT molecular complexity index is 111. The lowest BCUT2D eigenvalue weighted by molar-refractivity contribution is 1.05. The number of nitrogens with zero attached hydrogens (tertiary/aromatic N) is 1. The van der Waals surface area contributed by atoms with E-state index >= 15 is 0 Å². The van der Waals surface area contributed by atoms with Crippen molar-refractivity contribution in [2.45, 2.75) is 0 Å². The van der Waals surface area contributed by atoms with Crippen LogP contribution in [0.15, 0.2) is 17.0 Å². The van der Waals surface area contributed by atoms with Crippen molar-refractivity contribution in [1.29, 1.82) is 0 Å². The Balaban J connectivity index is 3.24. The molecular formula is C4H6N2S2. The molecule has 0 aliphatic carbocycles. The first-order chi connectivity index (χ1) is 3.81. The van der Waals surface area contributed by atoms with Crippen molar-refractivity contribution >= 4 is 29.8 Å². The molecule has 0 spiro atoms. The van der Waals surface area contributed by atoms with Crippen molar-refractivity contribution in [3.05, 3.63) is 12.7 Å². The van der Waals surface area contributed by atoms with Crippen molar-refractivity contribution in [1.82, 2.24) is 5.32 Å². The van der Waals surface area contributed by atoms with Gasteiger partial charge in [-0.1, -0.05) is 6.08 Å². The van der Waals surface area contributed by atoms with Gasteiger partial charge in [0.25, 0.3) is 0 Å². The van der Waals surface area contributed by atoms with E-state index in [1.54, 1.807) is 6.08 Å². The van der Waals surface area contributed by atoms with Crippen LogP contribution in [0.5, 0.6) is 0 Å². The van der Waals surface area contributed by atoms with Crippen LogP contribution in [0.3, 0.4) is 0 Å². The number of hydrogen-bond donors (Lipinski definition) is 1. The highest BCUT2D eigenvalue weighted by atomic mass is 32.1. The molecule has 0 bridgehead atoms. The van der Waals surface area contributed by atoms with E-state index in [0.29, 0.717) is 11.7 Å². The lowest BCUT2D eigenvalue weighted by atomic mass is 10.6. The molecule has 0 saturated heterocycles. The first-order valence-corrected chi connectivity index (χ1v) is 2.80. The molecule has 0 amide bonds. The number of thiocarbonyl (C=S) groups is 1. The van der Waals surface area contributed by atoms with Crippen molar-refractivity contribution in [3.8, 4) is 0 Å². The Hall–Kier alpha value is -0.350. The van der Waals surface area contributed by atoms with E-state index in [1.807, 2.05) is 0 Å². The predicted octanol–water partition coefficient (Wildman–Crippen LogP) is 0.777. The zero-order valence-electron chi connectivity index (χ0n) is 4.26. The van der Waals surface area contributed by atoms with E-state index in [0.717, 1.165) is 0 Å². The minimum Gasteiger partial charge on any atom is -0.357 e. The fraction of sp³-hybridized carbons (Fsp3) is 0.250. The van der Waals surface area contributed by atoms with Gasteiger partial charge in [0.1, 0.15) is 0 Å². The summed E-state index contributed by atoms with van der Waals surface area (Å²) in [5.74, 6) is 0. The highest BCUT2D eigenvalue weighted by molar-refractivity contribution is 7.80. The lowest BCUT2D eigenvalue weighted by Gasteiger charge is -1.93. The Morgan fingerprint density at radius 3 is 2.88 bits per heavy atom. The van der Waals surface area contributed by atoms with Crippen LogP contribution in [-0.4, -0.2) is 11.7 Å². The Kier molecular flexibility index (Phi) is 4.59. The first kappa shape index (κ1) is 7.65. The van der Waals surface area contributed by atoms with Gasteiger partial charge in [0, 0.05) is 19.0 Å². The molecular weight excluding hydrogens is 140 g/mol. The minimum atomic E-state index is 0.347. The summed E-state index contributed by atoms with van der Waals surface area (Å²) in [7, 11) is 0. The molecule has 0 heterocycles. The molecule has 0 fully saturated rings. The standard InChI is InChI=1S/C4H6N2S2/c1-2-3-5-4(7)6-8/h2H,1,3H2,(H,5,7). The second-order valence-electron chi connectivity index (χ2n) is 1.07. The number of nitrogens with one attached hydrogen (secondary N) is 1. The third-order valence-electron chi connectivity index (χ3n) is 0.481. The van der Waals surface area contributed by atoms with Gasteiger partial charge in [0.05, 0.1) is 0 Å². The second kappa shape index (κ2) is 4.80.